The Morgan fingerprint density at radius 2 is 2.22 bits per heavy atom. The van der Waals surface area contributed by atoms with Gasteiger partial charge in [0.2, 0.25) is 11.8 Å². The highest BCUT2D eigenvalue weighted by Gasteiger charge is 2.43. The number of amides is 2. The minimum atomic E-state index is -0.285. The number of carbonyl (C=O) groups is 2. The molecule has 0 aromatic carbocycles. The van der Waals surface area contributed by atoms with Gasteiger partial charge in [-0.1, -0.05) is 0 Å². The molecule has 2 atom stereocenters. The minimum Gasteiger partial charge on any atom is -0.342 e. The smallest absolute Gasteiger partial charge is 0.246 e. The van der Waals surface area contributed by atoms with Gasteiger partial charge in [-0.15, -0.1) is 0 Å². The van der Waals surface area contributed by atoms with Gasteiger partial charge in [-0.2, -0.15) is 11.3 Å². The summed E-state index contributed by atoms with van der Waals surface area (Å²) in [6.45, 7) is 2.17. The standard InChI is InChI=1S/C13H16N2O2S/c1-8(10-4-5-18-7-10)15-6-11(16)14-12(13(15)17)9-2-3-9/h4-5,7-9,12H,2-3,6H2,1H3,(H,14,16). The van der Waals surface area contributed by atoms with Gasteiger partial charge < -0.3 is 10.2 Å². The van der Waals surface area contributed by atoms with E-state index in [0.717, 1.165) is 18.4 Å². The normalized spacial score (nSPS) is 26.1. The highest BCUT2D eigenvalue weighted by Crippen LogP contribution is 2.36. The number of hydrogen-bond donors (Lipinski definition) is 1. The van der Waals surface area contributed by atoms with E-state index >= 15 is 0 Å². The van der Waals surface area contributed by atoms with Crippen LogP contribution in [0.15, 0.2) is 16.8 Å². The Morgan fingerprint density at radius 1 is 1.44 bits per heavy atom. The number of nitrogens with zero attached hydrogens (tertiary/aromatic N) is 1. The van der Waals surface area contributed by atoms with E-state index in [1.54, 1.807) is 16.2 Å². The monoisotopic (exact) mass is 264 g/mol. The molecular formula is C13H16N2O2S. The summed E-state index contributed by atoms with van der Waals surface area (Å²) in [7, 11) is 0. The van der Waals surface area contributed by atoms with Gasteiger partial charge in [0.1, 0.15) is 12.6 Å². The van der Waals surface area contributed by atoms with Gasteiger partial charge in [0.15, 0.2) is 0 Å². The van der Waals surface area contributed by atoms with Crippen LogP contribution in [0.1, 0.15) is 31.4 Å². The molecule has 0 spiro atoms. The van der Waals surface area contributed by atoms with E-state index < -0.39 is 0 Å². The Balaban J connectivity index is 1.81. The third-order valence-electron chi connectivity index (χ3n) is 3.77. The molecular weight excluding hydrogens is 248 g/mol. The second kappa shape index (κ2) is 4.39. The largest absolute Gasteiger partial charge is 0.342 e. The number of hydrogen-bond acceptors (Lipinski definition) is 3. The molecule has 2 heterocycles. The van der Waals surface area contributed by atoms with E-state index in [-0.39, 0.29) is 30.4 Å². The molecule has 0 bridgehead atoms. The summed E-state index contributed by atoms with van der Waals surface area (Å²) in [5.41, 5.74) is 1.11. The second-order valence-corrected chi connectivity index (χ2v) is 5.86. The predicted octanol–water partition coefficient (Wildman–Crippen LogP) is 1.55. The summed E-state index contributed by atoms with van der Waals surface area (Å²) in [5, 5.41) is 6.87. The lowest BCUT2D eigenvalue weighted by atomic mass is 10.0. The molecule has 96 valence electrons. The predicted molar refractivity (Wildman–Crippen MR) is 69.1 cm³/mol. The Hall–Kier alpha value is -1.36. The van der Waals surface area contributed by atoms with Crippen LogP contribution >= 0.6 is 11.3 Å². The molecule has 1 saturated heterocycles. The average molecular weight is 264 g/mol. The lowest BCUT2D eigenvalue weighted by Gasteiger charge is -2.36. The highest BCUT2D eigenvalue weighted by atomic mass is 32.1. The Kier molecular flexibility index (Phi) is 2.86. The van der Waals surface area contributed by atoms with Crippen molar-refractivity contribution < 1.29 is 9.59 Å². The Labute approximate surface area is 110 Å². The van der Waals surface area contributed by atoms with Crippen LogP contribution in [0.3, 0.4) is 0 Å². The average Bonchev–Trinajstić information content (AvgIpc) is 3.05. The maximum absolute atomic E-state index is 12.4. The van der Waals surface area contributed by atoms with Gasteiger partial charge in [-0.25, -0.2) is 0 Å². The molecule has 3 rings (SSSR count). The number of carbonyl (C=O) groups excluding carboxylic acids is 2. The van der Waals surface area contributed by atoms with Crippen LogP contribution < -0.4 is 5.32 Å². The summed E-state index contributed by atoms with van der Waals surface area (Å²) >= 11 is 1.61. The fourth-order valence-corrected chi connectivity index (χ4v) is 3.21. The van der Waals surface area contributed by atoms with E-state index in [1.165, 1.54) is 0 Å². The number of piperazine rings is 1. The number of nitrogens with one attached hydrogen (secondary N) is 1. The molecule has 1 aromatic rings. The summed E-state index contributed by atoms with van der Waals surface area (Å²) in [5.74, 6) is 0.406. The molecule has 4 nitrogen and oxygen atoms in total. The van der Waals surface area contributed by atoms with Gasteiger partial charge in [0.25, 0.3) is 0 Å². The van der Waals surface area contributed by atoms with Gasteiger partial charge in [0, 0.05) is 0 Å². The number of thiophene rings is 1. The van der Waals surface area contributed by atoms with Crippen molar-refractivity contribution in [2.75, 3.05) is 6.54 Å². The first kappa shape index (κ1) is 11.7. The third kappa shape index (κ3) is 2.03. The highest BCUT2D eigenvalue weighted by molar-refractivity contribution is 7.07. The van der Waals surface area contributed by atoms with Crippen LogP contribution in [0.4, 0.5) is 0 Å². The first-order valence-corrected chi connectivity index (χ1v) is 7.23. The molecule has 2 unspecified atom stereocenters. The van der Waals surface area contributed by atoms with E-state index in [0.29, 0.717) is 5.92 Å². The van der Waals surface area contributed by atoms with Crippen molar-refractivity contribution in [2.45, 2.75) is 31.8 Å². The van der Waals surface area contributed by atoms with Crippen LogP contribution in [0.5, 0.6) is 0 Å². The van der Waals surface area contributed by atoms with Gasteiger partial charge in [-0.05, 0) is 48.1 Å². The van der Waals surface area contributed by atoms with Crippen molar-refractivity contribution in [3.63, 3.8) is 0 Å². The van der Waals surface area contributed by atoms with Crippen LogP contribution in [0.25, 0.3) is 0 Å². The van der Waals surface area contributed by atoms with Crippen molar-refractivity contribution in [3.8, 4) is 0 Å². The van der Waals surface area contributed by atoms with Gasteiger partial charge in [-0.3, -0.25) is 9.59 Å². The maximum Gasteiger partial charge on any atom is 0.246 e. The van der Waals surface area contributed by atoms with Gasteiger partial charge >= 0.3 is 0 Å². The molecule has 1 aliphatic heterocycles. The van der Waals surface area contributed by atoms with E-state index in [4.69, 9.17) is 0 Å². The summed E-state index contributed by atoms with van der Waals surface area (Å²) < 4.78 is 0. The fourth-order valence-electron chi connectivity index (χ4n) is 2.46. The lowest BCUT2D eigenvalue weighted by Crippen LogP contribution is -2.59. The molecule has 2 amide bonds. The molecule has 2 aliphatic rings. The van der Waals surface area contributed by atoms with Crippen molar-refractivity contribution in [1.29, 1.82) is 0 Å². The van der Waals surface area contributed by atoms with Crippen LogP contribution in [0.2, 0.25) is 0 Å². The molecule has 1 aliphatic carbocycles. The topological polar surface area (TPSA) is 49.4 Å². The van der Waals surface area contributed by atoms with Crippen LogP contribution in [0, 0.1) is 5.92 Å². The third-order valence-corrected chi connectivity index (χ3v) is 4.47. The van der Waals surface area contributed by atoms with E-state index in [2.05, 4.69) is 5.32 Å². The quantitative estimate of drug-likeness (QED) is 0.900. The zero-order chi connectivity index (χ0) is 12.7. The molecule has 1 aromatic heterocycles. The molecule has 0 radical (unpaired) electrons. The zero-order valence-corrected chi connectivity index (χ0v) is 11.1. The summed E-state index contributed by atoms with van der Waals surface area (Å²) in [4.78, 5) is 25.8. The molecule has 1 N–H and O–H groups in total. The lowest BCUT2D eigenvalue weighted by molar-refractivity contribution is -0.147. The molecule has 18 heavy (non-hydrogen) atoms. The Morgan fingerprint density at radius 3 is 2.83 bits per heavy atom. The van der Waals surface area contributed by atoms with E-state index in [9.17, 15) is 9.59 Å². The van der Waals surface area contributed by atoms with Crippen LogP contribution in [-0.2, 0) is 9.59 Å². The maximum atomic E-state index is 12.4. The van der Waals surface area contributed by atoms with Crippen molar-refractivity contribution in [1.82, 2.24) is 10.2 Å². The first-order valence-electron chi connectivity index (χ1n) is 6.29. The summed E-state index contributed by atoms with van der Waals surface area (Å²) in [6.07, 6.45) is 2.11. The first-order chi connectivity index (χ1) is 8.66. The Bertz CT molecular complexity index is 467. The van der Waals surface area contributed by atoms with E-state index in [1.807, 2.05) is 23.8 Å². The number of rotatable bonds is 3. The minimum absolute atomic E-state index is 0.0175. The zero-order valence-electron chi connectivity index (χ0n) is 10.3. The van der Waals surface area contributed by atoms with Crippen LogP contribution in [-0.4, -0.2) is 29.3 Å². The molecule has 1 saturated carbocycles. The van der Waals surface area contributed by atoms with Crippen molar-refractivity contribution in [2.24, 2.45) is 5.92 Å². The molecule has 2 fully saturated rings. The van der Waals surface area contributed by atoms with Crippen molar-refractivity contribution >= 4 is 23.2 Å². The second-order valence-electron chi connectivity index (χ2n) is 5.08. The summed E-state index contributed by atoms with van der Waals surface area (Å²) in [6, 6.07) is 1.71. The van der Waals surface area contributed by atoms with Crippen molar-refractivity contribution in [3.05, 3.63) is 22.4 Å². The fraction of sp³-hybridized carbons (Fsp3) is 0.538. The SMILES string of the molecule is CC(c1ccsc1)N1CC(=O)NC(C2CC2)C1=O. The molecule has 5 heteroatoms. The van der Waals surface area contributed by atoms with Gasteiger partial charge in [0.05, 0.1) is 6.04 Å².